The van der Waals surface area contributed by atoms with Gasteiger partial charge in [0.25, 0.3) is 0 Å². The number of benzene rings is 2. The van der Waals surface area contributed by atoms with Crippen molar-refractivity contribution >= 4 is 29.1 Å². The van der Waals surface area contributed by atoms with Crippen LogP contribution in [0, 0.1) is 0 Å². The van der Waals surface area contributed by atoms with Gasteiger partial charge in [-0.1, -0.05) is 35.3 Å². The summed E-state index contributed by atoms with van der Waals surface area (Å²) >= 11 is 12.0. The third-order valence-electron chi connectivity index (χ3n) is 3.88. The van der Waals surface area contributed by atoms with Gasteiger partial charge in [0, 0.05) is 16.6 Å². The fourth-order valence-electron chi connectivity index (χ4n) is 2.76. The molecule has 1 aliphatic rings. The highest BCUT2D eigenvalue weighted by Crippen LogP contribution is 2.30. The van der Waals surface area contributed by atoms with Gasteiger partial charge in [0.2, 0.25) is 5.91 Å². The molecule has 0 saturated carbocycles. The molecule has 5 nitrogen and oxygen atoms in total. The number of nitrogens with one attached hydrogen (secondary N) is 1. The van der Waals surface area contributed by atoms with Gasteiger partial charge in [-0.3, -0.25) is 9.69 Å². The molecular formula is C19H20Cl2N2O3. The molecule has 0 fully saturated rings. The van der Waals surface area contributed by atoms with E-state index < -0.39 is 0 Å². The Morgan fingerprint density at radius 2 is 1.88 bits per heavy atom. The zero-order valence-electron chi connectivity index (χ0n) is 14.4. The molecule has 1 unspecified atom stereocenters. The van der Waals surface area contributed by atoms with Crippen LogP contribution < -0.4 is 14.8 Å². The minimum atomic E-state index is -0.203. The quantitative estimate of drug-likeness (QED) is 0.815. The number of hydrogen-bond donors (Lipinski definition) is 1. The molecule has 1 heterocycles. The third kappa shape index (κ3) is 5.27. The molecule has 0 bridgehead atoms. The number of halogens is 2. The van der Waals surface area contributed by atoms with Gasteiger partial charge < -0.3 is 14.8 Å². The Labute approximate surface area is 162 Å². The predicted molar refractivity (Wildman–Crippen MR) is 102 cm³/mol. The molecule has 138 valence electrons. The number of fused-ring (bicyclic) bond motifs is 1. The van der Waals surface area contributed by atoms with Crippen molar-refractivity contribution in [3.63, 3.8) is 0 Å². The zero-order valence-corrected chi connectivity index (χ0v) is 15.9. The standard InChI is InChI=1S/C19H20Cl2N2O3/c1-23(10-13-6-14(20)8-15(21)7-13)11-19(24)22-9-16-12-25-17-4-2-3-5-18(17)26-16/h2-8,16H,9-12H2,1H3,(H,22,24). The van der Waals surface area contributed by atoms with E-state index in [1.165, 1.54) is 0 Å². The lowest BCUT2D eigenvalue weighted by Crippen LogP contribution is -2.43. The van der Waals surface area contributed by atoms with Crippen molar-refractivity contribution in [2.24, 2.45) is 0 Å². The lowest BCUT2D eigenvalue weighted by Gasteiger charge is -2.26. The van der Waals surface area contributed by atoms with Gasteiger partial charge in [-0.15, -0.1) is 0 Å². The van der Waals surface area contributed by atoms with E-state index >= 15 is 0 Å². The van der Waals surface area contributed by atoms with Crippen LogP contribution in [0.4, 0.5) is 0 Å². The highest BCUT2D eigenvalue weighted by atomic mass is 35.5. The molecule has 1 aliphatic heterocycles. The maximum atomic E-state index is 12.2. The maximum absolute atomic E-state index is 12.2. The Bertz CT molecular complexity index is 765. The summed E-state index contributed by atoms with van der Waals surface area (Å²) in [5.74, 6) is 1.35. The number of ether oxygens (including phenoxy) is 2. The van der Waals surface area contributed by atoms with E-state index in [2.05, 4.69) is 5.32 Å². The summed E-state index contributed by atoms with van der Waals surface area (Å²) in [6.07, 6.45) is -0.203. The summed E-state index contributed by atoms with van der Waals surface area (Å²) in [6, 6.07) is 12.9. The topological polar surface area (TPSA) is 50.8 Å². The van der Waals surface area contributed by atoms with Gasteiger partial charge in [0.15, 0.2) is 11.5 Å². The van der Waals surface area contributed by atoms with Gasteiger partial charge in [-0.25, -0.2) is 0 Å². The second-order valence-corrected chi connectivity index (χ2v) is 7.12. The van der Waals surface area contributed by atoms with E-state index in [-0.39, 0.29) is 18.6 Å². The van der Waals surface area contributed by atoms with E-state index in [1.807, 2.05) is 48.3 Å². The normalized spacial score (nSPS) is 15.8. The number of hydrogen-bond acceptors (Lipinski definition) is 4. The maximum Gasteiger partial charge on any atom is 0.234 e. The average molecular weight is 395 g/mol. The third-order valence-corrected chi connectivity index (χ3v) is 4.32. The first kappa shape index (κ1) is 18.8. The molecule has 26 heavy (non-hydrogen) atoms. The summed E-state index contributed by atoms with van der Waals surface area (Å²) in [5, 5.41) is 4.05. The summed E-state index contributed by atoms with van der Waals surface area (Å²) in [5.41, 5.74) is 0.957. The number of amides is 1. The SMILES string of the molecule is CN(CC(=O)NCC1COc2ccccc2O1)Cc1cc(Cl)cc(Cl)c1. The monoisotopic (exact) mass is 394 g/mol. The largest absolute Gasteiger partial charge is 0.486 e. The number of rotatable bonds is 6. The van der Waals surface area contributed by atoms with Crippen molar-refractivity contribution < 1.29 is 14.3 Å². The fourth-order valence-corrected chi connectivity index (χ4v) is 3.33. The minimum absolute atomic E-state index is 0.0805. The second-order valence-electron chi connectivity index (χ2n) is 6.25. The van der Waals surface area contributed by atoms with Crippen LogP contribution in [-0.2, 0) is 11.3 Å². The van der Waals surface area contributed by atoms with Gasteiger partial charge in [-0.2, -0.15) is 0 Å². The first-order chi connectivity index (χ1) is 12.5. The Morgan fingerprint density at radius 1 is 1.19 bits per heavy atom. The summed E-state index contributed by atoms with van der Waals surface area (Å²) in [6.45, 7) is 1.64. The molecule has 2 aromatic carbocycles. The fraction of sp³-hybridized carbons (Fsp3) is 0.316. The first-order valence-corrected chi connectivity index (χ1v) is 9.04. The number of nitrogens with zero attached hydrogens (tertiary/aromatic N) is 1. The Morgan fingerprint density at radius 3 is 2.62 bits per heavy atom. The smallest absolute Gasteiger partial charge is 0.234 e. The number of likely N-dealkylation sites (N-methyl/N-ethyl adjacent to an activating group) is 1. The van der Waals surface area contributed by atoms with E-state index in [1.54, 1.807) is 6.07 Å². The molecule has 0 spiro atoms. The van der Waals surface area contributed by atoms with E-state index in [0.717, 1.165) is 11.3 Å². The van der Waals surface area contributed by atoms with Gasteiger partial charge in [0.05, 0.1) is 13.1 Å². The lowest BCUT2D eigenvalue weighted by molar-refractivity contribution is -0.122. The van der Waals surface area contributed by atoms with Crippen molar-refractivity contribution in [1.29, 1.82) is 0 Å². The summed E-state index contributed by atoms with van der Waals surface area (Å²) in [4.78, 5) is 14.1. The highest BCUT2D eigenvalue weighted by molar-refractivity contribution is 6.34. The van der Waals surface area contributed by atoms with Gasteiger partial charge >= 0.3 is 0 Å². The number of carbonyl (C=O) groups excluding carboxylic acids is 1. The number of para-hydroxylation sites is 2. The predicted octanol–water partition coefficient (Wildman–Crippen LogP) is 3.38. The van der Waals surface area contributed by atoms with Crippen molar-refractivity contribution in [3.05, 3.63) is 58.1 Å². The van der Waals surface area contributed by atoms with E-state index in [0.29, 0.717) is 35.5 Å². The van der Waals surface area contributed by atoms with Crippen molar-refractivity contribution in [1.82, 2.24) is 10.2 Å². The molecule has 2 aromatic rings. The van der Waals surface area contributed by atoms with E-state index in [9.17, 15) is 4.79 Å². The Balaban J connectivity index is 1.44. The van der Waals surface area contributed by atoms with Crippen molar-refractivity contribution in [3.8, 4) is 11.5 Å². The molecule has 0 saturated heterocycles. The summed E-state index contributed by atoms with van der Waals surface area (Å²) < 4.78 is 11.5. The van der Waals surface area contributed by atoms with Crippen molar-refractivity contribution in [2.45, 2.75) is 12.6 Å². The zero-order chi connectivity index (χ0) is 18.5. The second kappa shape index (κ2) is 8.62. The van der Waals surface area contributed by atoms with Crippen LogP contribution in [0.15, 0.2) is 42.5 Å². The van der Waals surface area contributed by atoms with Gasteiger partial charge in [-0.05, 0) is 42.9 Å². The average Bonchev–Trinajstić information content (AvgIpc) is 2.58. The van der Waals surface area contributed by atoms with E-state index in [4.69, 9.17) is 32.7 Å². The lowest BCUT2D eigenvalue weighted by atomic mass is 10.2. The molecule has 1 amide bonds. The Hall–Kier alpha value is -1.95. The molecule has 0 radical (unpaired) electrons. The van der Waals surface area contributed by atoms with Crippen LogP contribution in [0.2, 0.25) is 10.0 Å². The molecular weight excluding hydrogens is 375 g/mol. The summed E-state index contributed by atoms with van der Waals surface area (Å²) in [7, 11) is 1.87. The number of carbonyl (C=O) groups is 1. The molecule has 7 heteroatoms. The van der Waals surface area contributed by atoms with Crippen LogP contribution in [-0.4, -0.2) is 43.7 Å². The van der Waals surface area contributed by atoms with Crippen LogP contribution in [0.25, 0.3) is 0 Å². The molecule has 3 rings (SSSR count). The minimum Gasteiger partial charge on any atom is -0.486 e. The van der Waals surface area contributed by atoms with Crippen LogP contribution in [0.5, 0.6) is 11.5 Å². The van der Waals surface area contributed by atoms with Gasteiger partial charge in [0.1, 0.15) is 12.7 Å². The first-order valence-electron chi connectivity index (χ1n) is 8.28. The molecule has 0 aliphatic carbocycles. The van der Waals surface area contributed by atoms with Crippen molar-refractivity contribution in [2.75, 3.05) is 26.7 Å². The van der Waals surface area contributed by atoms with Crippen LogP contribution in [0.3, 0.4) is 0 Å². The molecule has 0 aromatic heterocycles. The highest BCUT2D eigenvalue weighted by Gasteiger charge is 2.21. The Kier molecular flexibility index (Phi) is 6.25. The molecule has 1 atom stereocenters. The molecule has 1 N–H and O–H groups in total. The van der Waals surface area contributed by atoms with Crippen LogP contribution in [0.1, 0.15) is 5.56 Å². The van der Waals surface area contributed by atoms with Crippen LogP contribution >= 0.6 is 23.2 Å².